The summed E-state index contributed by atoms with van der Waals surface area (Å²) < 4.78 is 21.8. The van der Waals surface area contributed by atoms with Crippen LogP contribution in [0.1, 0.15) is 23.6 Å². The molecule has 7 heteroatoms. The van der Waals surface area contributed by atoms with Crippen molar-refractivity contribution in [1.82, 2.24) is 4.90 Å². The third-order valence-electron chi connectivity index (χ3n) is 5.18. The number of ketones is 1. The molecule has 7 nitrogen and oxygen atoms in total. The third kappa shape index (κ3) is 5.36. The summed E-state index contributed by atoms with van der Waals surface area (Å²) in [5, 5.41) is 0. The second-order valence-corrected chi connectivity index (χ2v) is 7.23. The number of fused-ring (bicyclic) bond motifs is 1. The summed E-state index contributed by atoms with van der Waals surface area (Å²) in [5.41, 5.74) is 2.55. The second kappa shape index (κ2) is 10.0. The van der Waals surface area contributed by atoms with Gasteiger partial charge in [-0.05, 0) is 47.9 Å². The predicted octanol–water partition coefficient (Wildman–Crippen LogP) is 3.28. The van der Waals surface area contributed by atoms with Gasteiger partial charge in [0.2, 0.25) is 18.4 Å². The van der Waals surface area contributed by atoms with Gasteiger partial charge < -0.3 is 23.8 Å². The minimum Gasteiger partial charge on any atom is -0.497 e. The molecule has 0 radical (unpaired) electrons. The standard InChI is InChI=1S/C24H27NO6/c1-16(26)25(2)12-11-18-14-22-24(31-15-30-22)23(29-4)21(18)10-7-19(27)13-17-5-8-20(28-3)9-6-17/h5-10,14H,11-13,15H2,1-4H3/b10-7-. The Morgan fingerprint density at radius 2 is 1.87 bits per heavy atom. The number of allylic oxidation sites excluding steroid dienone is 1. The number of likely N-dealkylation sites (N-methyl/N-ethyl adjacent to an activating group) is 1. The van der Waals surface area contributed by atoms with Crippen molar-refractivity contribution >= 4 is 17.8 Å². The van der Waals surface area contributed by atoms with Gasteiger partial charge in [0.05, 0.1) is 14.2 Å². The summed E-state index contributed by atoms with van der Waals surface area (Å²) in [6.45, 7) is 2.17. The van der Waals surface area contributed by atoms with Crippen molar-refractivity contribution in [3.63, 3.8) is 0 Å². The molecule has 0 saturated heterocycles. The first-order chi connectivity index (χ1) is 14.9. The molecule has 2 aromatic carbocycles. The molecule has 1 amide bonds. The van der Waals surface area contributed by atoms with Crippen LogP contribution in [0.3, 0.4) is 0 Å². The maximum Gasteiger partial charge on any atom is 0.231 e. The summed E-state index contributed by atoms with van der Waals surface area (Å²) in [7, 11) is 4.91. The second-order valence-electron chi connectivity index (χ2n) is 7.23. The number of carbonyl (C=O) groups excluding carboxylic acids is 2. The van der Waals surface area contributed by atoms with Crippen molar-refractivity contribution in [3.8, 4) is 23.0 Å². The third-order valence-corrected chi connectivity index (χ3v) is 5.18. The van der Waals surface area contributed by atoms with Gasteiger partial charge in [-0.1, -0.05) is 12.1 Å². The highest BCUT2D eigenvalue weighted by Crippen LogP contribution is 2.45. The molecule has 1 aliphatic rings. The van der Waals surface area contributed by atoms with Gasteiger partial charge in [-0.3, -0.25) is 9.59 Å². The van der Waals surface area contributed by atoms with Crippen molar-refractivity contribution in [1.29, 1.82) is 0 Å². The van der Waals surface area contributed by atoms with Gasteiger partial charge >= 0.3 is 0 Å². The van der Waals surface area contributed by atoms with Gasteiger partial charge in [0.1, 0.15) is 5.75 Å². The van der Waals surface area contributed by atoms with Crippen LogP contribution in [-0.2, 0) is 22.4 Å². The van der Waals surface area contributed by atoms with Crippen LogP contribution >= 0.6 is 0 Å². The lowest BCUT2D eigenvalue weighted by Crippen LogP contribution is -2.26. The Hall–Kier alpha value is -3.48. The van der Waals surface area contributed by atoms with Crippen LogP contribution in [0, 0.1) is 0 Å². The van der Waals surface area contributed by atoms with Gasteiger partial charge in [-0.15, -0.1) is 0 Å². The van der Waals surface area contributed by atoms with E-state index in [1.807, 2.05) is 30.3 Å². The van der Waals surface area contributed by atoms with E-state index in [1.165, 1.54) is 6.92 Å². The summed E-state index contributed by atoms with van der Waals surface area (Å²) in [4.78, 5) is 25.8. The van der Waals surface area contributed by atoms with Crippen molar-refractivity contribution < 1.29 is 28.5 Å². The summed E-state index contributed by atoms with van der Waals surface area (Å²) in [6.07, 6.45) is 4.14. The lowest BCUT2D eigenvalue weighted by molar-refractivity contribution is -0.127. The van der Waals surface area contributed by atoms with Crippen LogP contribution in [0.5, 0.6) is 23.0 Å². The molecule has 1 aliphatic heterocycles. The van der Waals surface area contributed by atoms with Crippen molar-refractivity contribution in [2.45, 2.75) is 19.8 Å². The molecule has 0 unspecified atom stereocenters. The van der Waals surface area contributed by atoms with Gasteiger partial charge in [0, 0.05) is 32.5 Å². The van der Waals surface area contributed by atoms with Crippen LogP contribution in [0.15, 0.2) is 36.4 Å². The Bertz CT molecular complexity index is 981. The van der Waals surface area contributed by atoms with E-state index in [4.69, 9.17) is 18.9 Å². The van der Waals surface area contributed by atoms with E-state index in [1.54, 1.807) is 38.3 Å². The minimum atomic E-state index is -0.0447. The van der Waals surface area contributed by atoms with Gasteiger partial charge in [0.25, 0.3) is 0 Å². The Morgan fingerprint density at radius 3 is 2.52 bits per heavy atom. The molecule has 0 N–H and O–H groups in total. The number of methoxy groups -OCH3 is 2. The first kappa shape index (κ1) is 22.2. The van der Waals surface area contributed by atoms with E-state index < -0.39 is 0 Å². The zero-order valence-electron chi connectivity index (χ0n) is 18.3. The Morgan fingerprint density at radius 1 is 1.13 bits per heavy atom. The monoisotopic (exact) mass is 425 g/mol. The van der Waals surface area contributed by atoms with Crippen LogP contribution < -0.4 is 18.9 Å². The molecule has 164 valence electrons. The average Bonchev–Trinajstić information content (AvgIpc) is 3.23. The molecule has 0 spiro atoms. The predicted molar refractivity (Wildman–Crippen MR) is 117 cm³/mol. The average molecular weight is 425 g/mol. The molecular formula is C24H27NO6. The van der Waals surface area contributed by atoms with Crippen LogP contribution in [0.25, 0.3) is 6.08 Å². The number of hydrogen-bond acceptors (Lipinski definition) is 6. The van der Waals surface area contributed by atoms with Crippen LogP contribution in [-0.4, -0.2) is 51.2 Å². The molecule has 0 aliphatic carbocycles. The molecule has 1 heterocycles. The van der Waals surface area contributed by atoms with Crippen molar-refractivity contribution in [3.05, 3.63) is 53.1 Å². The fourth-order valence-electron chi connectivity index (χ4n) is 3.29. The highest BCUT2D eigenvalue weighted by atomic mass is 16.7. The number of carbonyl (C=O) groups is 2. The van der Waals surface area contributed by atoms with E-state index >= 15 is 0 Å². The molecule has 0 atom stereocenters. The highest BCUT2D eigenvalue weighted by molar-refractivity contribution is 5.95. The Balaban J connectivity index is 1.84. The van der Waals surface area contributed by atoms with E-state index in [0.717, 1.165) is 22.4 Å². The molecular weight excluding hydrogens is 398 g/mol. The van der Waals surface area contributed by atoms with Crippen molar-refractivity contribution in [2.75, 3.05) is 34.6 Å². The fraction of sp³-hybridized carbons (Fsp3) is 0.333. The Kier molecular flexibility index (Phi) is 7.18. The largest absolute Gasteiger partial charge is 0.497 e. The first-order valence-corrected chi connectivity index (χ1v) is 9.98. The Labute approximate surface area is 182 Å². The van der Waals surface area contributed by atoms with E-state index in [9.17, 15) is 9.59 Å². The molecule has 2 aromatic rings. The minimum absolute atomic E-state index is 0.0144. The maximum absolute atomic E-state index is 12.6. The molecule has 31 heavy (non-hydrogen) atoms. The van der Waals surface area contributed by atoms with Crippen LogP contribution in [0.4, 0.5) is 0 Å². The molecule has 0 bridgehead atoms. The lowest BCUT2D eigenvalue weighted by atomic mass is 10.00. The number of hydrogen-bond donors (Lipinski definition) is 0. The lowest BCUT2D eigenvalue weighted by Gasteiger charge is -2.18. The summed E-state index contributed by atoms with van der Waals surface area (Å²) >= 11 is 0. The van der Waals surface area contributed by atoms with Gasteiger partial charge in [-0.25, -0.2) is 0 Å². The molecule has 0 fully saturated rings. The fourth-order valence-corrected chi connectivity index (χ4v) is 3.29. The normalized spacial score (nSPS) is 12.1. The number of nitrogens with zero attached hydrogens (tertiary/aromatic N) is 1. The summed E-state index contributed by atoms with van der Waals surface area (Å²) in [6, 6.07) is 9.28. The maximum atomic E-state index is 12.6. The molecule has 0 aromatic heterocycles. The van der Waals surface area contributed by atoms with Crippen molar-refractivity contribution in [2.24, 2.45) is 0 Å². The summed E-state index contributed by atoms with van der Waals surface area (Å²) in [5.74, 6) is 2.32. The van der Waals surface area contributed by atoms with Gasteiger partial charge in [0.15, 0.2) is 17.3 Å². The van der Waals surface area contributed by atoms with Crippen LogP contribution in [0.2, 0.25) is 0 Å². The molecule has 3 rings (SSSR count). The van der Waals surface area contributed by atoms with Gasteiger partial charge in [-0.2, -0.15) is 0 Å². The zero-order chi connectivity index (χ0) is 22.4. The first-order valence-electron chi connectivity index (χ1n) is 9.98. The zero-order valence-corrected chi connectivity index (χ0v) is 18.3. The topological polar surface area (TPSA) is 74.3 Å². The number of benzene rings is 2. The van der Waals surface area contributed by atoms with E-state index in [-0.39, 0.29) is 24.9 Å². The quantitative estimate of drug-likeness (QED) is 0.574. The SMILES string of the molecule is COc1ccc(CC(=O)/C=C\c2c(CCN(C)C(C)=O)cc3c(c2OC)OCO3)cc1. The smallest absolute Gasteiger partial charge is 0.231 e. The van der Waals surface area contributed by atoms with E-state index in [0.29, 0.717) is 30.2 Å². The number of ether oxygens (including phenoxy) is 4. The molecule has 0 saturated carbocycles. The number of rotatable bonds is 9. The number of amides is 1. The van der Waals surface area contributed by atoms with E-state index in [2.05, 4.69) is 0 Å². The highest BCUT2D eigenvalue weighted by Gasteiger charge is 2.24.